The van der Waals surface area contributed by atoms with Crippen LogP contribution in [-0.4, -0.2) is 38.4 Å². The number of carbonyl (C=O) groups is 1. The van der Waals surface area contributed by atoms with Crippen LogP contribution in [0, 0.1) is 5.82 Å². The molecule has 0 saturated heterocycles. The first-order valence-corrected chi connectivity index (χ1v) is 7.27. The van der Waals surface area contributed by atoms with Gasteiger partial charge in [0.05, 0.1) is 11.5 Å². The summed E-state index contributed by atoms with van der Waals surface area (Å²) in [4.78, 5) is 11.2. The first kappa shape index (κ1) is 15.6. The van der Waals surface area contributed by atoms with E-state index in [1.807, 2.05) is 0 Å². The number of hydrogen-bond donors (Lipinski definition) is 0. The predicted molar refractivity (Wildman–Crippen MR) is 67.5 cm³/mol. The van der Waals surface area contributed by atoms with E-state index in [0.29, 0.717) is 0 Å². The highest BCUT2D eigenvalue weighted by molar-refractivity contribution is 7.89. The Kier molecular flexibility index (Phi) is 5.44. The van der Waals surface area contributed by atoms with Gasteiger partial charge < -0.3 is 4.74 Å². The Balaban J connectivity index is 2.99. The molecule has 0 fully saturated rings. The Hall–Kier alpha value is -1.47. The minimum absolute atomic E-state index is 0.0949. The average Bonchev–Trinajstić information content (AvgIpc) is 2.36. The van der Waals surface area contributed by atoms with Crippen LogP contribution in [0.4, 0.5) is 4.39 Å². The van der Waals surface area contributed by atoms with Crippen molar-refractivity contribution < 1.29 is 22.3 Å². The zero-order chi connectivity index (χ0) is 14.5. The molecular formula is C12H16FNO4S. The number of esters is 1. The fourth-order valence-electron chi connectivity index (χ4n) is 1.49. The predicted octanol–water partition coefficient (Wildman–Crippen LogP) is 1.40. The second-order valence-electron chi connectivity index (χ2n) is 3.69. The van der Waals surface area contributed by atoms with Crippen molar-refractivity contribution in [3.8, 4) is 0 Å². The van der Waals surface area contributed by atoms with Crippen molar-refractivity contribution >= 4 is 16.0 Å². The summed E-state index contributed by atoms with van der Waals surface area (Å²) in [5.41, 5.74) is 0. The number of carbonyl (C=O) groups excluding carboxylic acids is 1. The Bertz CT molecular complexity index is 544. The molecule has 0 atom stereocenters. The number of likely N-dealkylation sites (N-methyl/N-ethyl adjacent to an activating group) is 1. The van der Waals surface area contributed by atoms with E-state index in [1.165, 1.54) is 12.1 Å². The summed E-state index contributed by atoms with van der Waals surface area (Å²) < 4.78 is 43.1. The van der Waals surface area contributed by atoms with Crippen LogP contribution < -0.4 is 0 Å². The molecule has 1 aromatic rings. The largest absolute Gasteiger partial charge is 0.465 e. The molecule has 106 valence electrons. The molecule has 0 unspecified atom stereocenters. The summed E-state index contributed by atoms with van der Waals surface area (Å²) in [6, 6.07) is 4.66. The standard InChI is InChI=1S/C12H16FNO4S/c1-3-14(9-12(15)18-4-2)19(16,17)11-7-5-6-10(13)8-11/h5-8H,3-4,9H2,1-2H3. The van der Waals surface area contributed by atoms with Crippen molar-refractivity contribution in [2.75, 3.05) is 19.7 Å². The SMILES string of the molecule is CCOC(=O)CN(CC)S(=O)(=O)c1cccc(F)c1. The van der Waals surface area contributed by atoms with Crippen LogP contribution in [0.5, 0.6) is 0 Å². The topological polar surface area (TPSA) is 63.7 Å². The number of halogens is 1. The lowest BCUT2D eigenvalue weighted by Crippen LogP contribution is -2.36. The summed E-state index contributed by atoms with van der Waals surface area (Å²) in [6.45, 7) is 3.11. The first-order chi connectivity index (χ1) is 8.91. The van der Waals surface area contributed by atoms with E-state index in [-0.39, 0.29) is 24.6 Å². The van der Waals surface area contributed by atoms with Gasteiger partial charge >= 0.3 is 5.97 Å². The van der Waals surface area contributed by atoms with Gasteiger partial charge in [0.1, 0.15) is 12.4 Å². The zero-order valence-corrected chi connectivity index (χ0v) is 11.6. The summed E-state index contributed by atoms with van der Waals surface area (Å²) >= 11 is 0. The number of ether oxygens (including phenoxy) is 1. The van der Waals surface area contributed by atoms with Crippen molar-refractivity contribution in [1.82, 2.24) is 4.31 Å². The smallest absolute Gasteiger partial charge is 0.321 e. The van der Waals surface area contributed by atoms with Crippen LogP contribution >= 0.6 is 0 Å². The van der Waals surface area contributed by atoms with E-state index in [1.54, 1.807) is 13.8 Å². The number of benzene rings is 1. The summed E-state index contributed by atoms with van der Waals surface area (Å²) in [6.07, 6.45) is 0. The fraction of sp³-hybridized carbons (Fsp3) is 0.417. The van der Waals surface area contributed by atoms with Gasteiger partial charge in [-0.15, -0.1) is 0 Å². The quantitative estimate of drug-likeness (QED) is 0.743. The maximum atomic E-state index is 13.1. The van der Waals surface area contributed by atoms with Gasteiger partial charge in [-0.3, -0.25) is 4.79 Å². The first-order valence-electron chi connectivity index (χ1n) is 5.83. The number of rotatable bonds is 6. The summed E-state index contributed by atoms with van der Waals surface area (Å²) in [5, 5.41) is 0. The normalized spacial score (nSPS) is 11.6. The van der Waals surface area contributed by atoms with Gasteiger partial charge in [0.15, 0.2) is 0 Å². The minimum Gasteiger partial charge on any atom is -0.465 e. The average molecular weight is 289 g/mol. The van der Waals surface area contributed by atoms with Crippen molar-refractivity contribution in [3.63, 3.8) is 0 Å². The Labute approximate surface area is 112 Å². The highest BCUT2D eigenvalue weighted by Crippen LogP contribution is 2.16. The molecule has 0 spiro atoms. The van der Waals surface area contributed by atoms with Crippen LogP contribution in [0.1, 0.15) is 13.8 Å². The highest BCUT2D eigenvalue weighted by Gasteiger charge is 2.25. The zero-order valence-electron chi connectivity index (χ0n) is 10.8. The second-order valence-corrected chi connectivity index (χ2v) is 5.63. The Morgan fingerprint density at radius 3 is 2.58 bits per heavy atom. The van der Waals surface area contributed by atoms with Crippen molar-refractivity contribution in [2.24, 2.45) is 0 Å². The lowest BCUT2D eigenvalue weighted by atomic mass is 10.4. The maximum Gasteiger partial charge on any atom is 0.321 e. The van der Waals surface area contributed by atoms with Crippen LogP contribution in [0.2, 0.25) is 0 Å². The molecule has 1 rings (SSSR count). The molecule has 0 aliphatic heterocycles. The maximum absolute atomic E-state index is 13.1. The Morgan fingerprint density at radius 1 is 1.37 bits per heavy atom. The van der Waals surface area contributed by atoms with E-state index < -0.39 is 21.8 Å². The monoisotopic (exact) mass is 289 g/mol. The molecule has 5 nitrogen and oxygen atoms in total. The van der Waals surface area contributed by atoms with Crippen LogP contribution in [-0.2, 0) is 19.6 Å². The molecule has 1 aromatic carbocycles. The molecule has 0 radical (unpaired) electrons. The number of hydrogen-bond acceptors (Lipinski definition) is 4. The van der Waals surface area contributed by atoms with Gasteiger partial charge in [-0.2, -0.15) is 4.31 Å². The molecule has 0 bridgehead atoms. The molecule has 0 amide bonds. The third-order valence-corrected chi connectivity index (χ3v) is 4.31. The van der Waals surface area contributed by atoms with Gasteiger partial charge in [0.25, 0.3) is 0 Å². The lowest BCUT2D eigenvalue weighted by Gasteiger charge is -2.19. The molecule has 0 saturated carbocycles. The van der Waals surface area contributed by atoms with E-state index in [9.17, 15) is 17.6 Å². The molecule has 0 aliphatic carbocycles. The van der Waals surface area contributed by atoms with E-state index in [2.05, 4.69) is 0 Å². The van der Waals surface area contributed by atoms with Gasteiger partial charge in [-0.25, -0.2) is 12.8 Å². The van der Waals surface area contributed by atoms with Crippen molar-refractivity contribution in [2.45, 2.75) is 18.7 Å². The molecule has 0 N–H and O–H groups in total. The molecular weight excluding hydrogens is 273 g/mol. The lowest BCUT2D eigenvalue weighted by molar-refractivity contribution is -0.143. The van der Waals surface area contributed by atoms with Crippen LogP contribution in [0.3, 0.4) is 0 Å². The highest BCUT2D eigenvalue weighted by atomic mass is 32.2. The Morgan fingerprint density at radius 2 is 2.05 bits per heavy atom. The fourth-order valence-corrected chi connectivity index (χ4v) is 2.92. The second kappa shape index (κ2) is 6.63. The molecule has 19 heavy (non-hydrogen) atoms. The molecule has 0 heterocycles. The third kappa shape index (κ3) is 4.00. The van der Waals surface area contributed by atoms with Crippen molar-refractivity contribution in [1.29, 1.82) is 0 Å². The van der Waals surface area contributed by atoms with Crippen LogP contribution in [0.15, 0.2) is 29.2 Å². The minimum atomic E-state index is -3.89. The molecule has 0 aliphatic rings. The van der Waals surface area contributed by atoms with Crippen LogP contribution in [0.25, 0.3) is 0 Å². The summed E-state index contributed by atoms with van der Waals surface area (Å²) in [7, 11) is -3.89. The third-order valence-electron chi connectivity index (χ3n) is 2.40. The van der Waals surface area contributed by atoms with Gasteiger partial charge in [-0.05, 0) is 25.1 Å². The summed E-state index contributed by atoms with van der Waals surface area (Å²) in [5.74, 6) is -1.28. The number of nitrogens with zero attached hydrogens (tertiary/aromatic N) is 1. The number of sulfonamides is 1. The van der Waals surface area contributed by atoms with E-state index in [0.717, 1.165) is 16.4 Å². The van der Waals surface area contributed by atoms with E-state index in [4.69, 9.17) is 4.74 Å². The molecule has 7 heteroatoms. The van der Waals surface area contributed by atoms with E-state index >= 15 is 0 Å². The van der Waals surface area contributed by atoms with Crippen molar-refractivity contribution in [3.05, 3.63) is 30.1 Å². The van der Waals surface area contributed by atoms with Gasteiger partial charge in [0, 0.05) is 6.54 Å². The van der Waals surface area contributed by atoms with Gasteiger partial charge in [-0.1, -0.05) is 13.0 Å². The molecule has 0 aromatic heterocycles. The van der Waals surface area contributed by atoms with Gasteiger partial charge in [0.2, 0.25) is 10.0 Å².